The number of hydrogen-bond donors (Lipinski definition) is 0. The van der Waals surface area contributed by atoms with Crippen molar-refractivity contribution >= 4 is 5.78 Å². The van der Waals surface area contributed by atoms with Crippen molar-refractivity contribution < 1.29 is 27.1 Å². The number of ketones is 1. The van der Waals surface area contributed by atoms with Gasteiger partial charge in [0.15, 0.2) is 5.78 Å². The maximum atomic E-state index is 12.2. The smallest absolute Gasteiger partial charge is 0.330 e. The molecule has 1 atom stereocenters. The molecule has 0 aromatic rings. The number of carbonyl (C=O) groups is 1. The first-order valence-corrected chi connectivity index (χ1v) is 3.55. The molecule has 0 aromatic carbocycles. The van der Waals surface area contributed by atoms with Crippen LogP contribution < -0.4 is 0 Å². The summed E-state index contributed by atoms with van der Waals surface area (Å²) in [7, 11) is 0. The molecule has 0 fully saturated rings. The van der Waals surface area contributed by atoms with E-state index in [4.69, 9.17) is 0 Å². The molecular weight excluding hydrogens is 192 g/mol. The van der Waals surface area contributed by atoms with Crippen LogP contribution in [0.4, 0.5) is 17.6 Å². The van der Waals surface area contributed by atoms with Gasteiger partial charge in [-0.15, -0.1) is 0 Å². The third-order valence-electron chi connectivity index (χ3n) is 1.42. The van der Waals surface area contributed by atoms with E-state index in [2.05, 4.69) is 4.74 Å². The number of Topliss-reactive ketones (excluding diaryl/α,β-unsaturated/α-hetero) is 1. The summed E-state index contributed by atoms with van der Waals surface area (Å²) in [5, 5.41) is 0. The van der Waals surface area contributed by atoms with Crippen molar-refractivity contribution in [2.75, 3.05) is 6.61 Å². The first kappa shape index (κ1) is 12.3. The van der Waals surface area contributed by atoms with Crippen LogP contribution in [0.15, 0.2) is 0 Å². The van der Waals surface area contributed by atoms with Crippen molar-refractivity contribution in [2.24, 2.45) is 0 Å². The molecule has 78 valence electrons. The van der Waals surface area contributed by atoms with Crippen molar-refractivity contribution in [2.45, 2.75) is 32.3 Å². The average molecular weight is 202 g/mol. The second-order valence-electron chi connectivity index (χ2n) is 2.63. The fourth-order valence-corrected chi connectivity index (χ4v) is 0.416. The van der Waals surface area contributed by atoms with E-state index in [9.17, 15) is 22.4 Å². The summed E-state index contributed by atoms with van der Waals surface area (Å²) < 4.78 is 51.7. The Labute approximate surface area is 72.9 Å². The quantitative estimate of drug-likeness (QED) is 0.636. The summed E-state index contributed by atoms with van der Waals surface area (Å²) in [5.74, 6) is -4.67. The first-order valence-electron chi connectivity index (χ1n) is 3.55. The number of rotatable bonds is 5. The molecule has 13 heavy (non-hydrogen) atoms. The fourth-order valence-electron chi connectivity index (χ4n) is 0.416. The van der Waals surface area contributed by atoms with Crippen LogP contribution in [0, 0.1) is 0 Å². The van der Waals surface area contributed by atoms with Crippen LogP contribution in [0.3, 0.4) is 0 Å². The van der Waals surface area contributed by atoms with Crippen molar-refractivity contribution in [3.05, 3.63) is 0 Å². The van der Waals surface area contributed by atoms with E-state index in [1.807, 2.05) is 0 Å². The minimum Gasteiger partial charge on any atom is -0.364 e. The highest BCUT2D eigenvalue weighted by molar-refractivity contribution is 5.79. The molecule has 0 saturated heterocycles. The Hall–Kier alpha value is -0.650. The lowest BCUT2D eigenvalue weighted by Crippen LogP contribution is -2.35. The maximum Gasteiger partial charge on any atom is 0.330 e. The number of ether oxygens (including phenoxy) is 1. The summed E-state index contributed by atoms with van der Waals surface area (Å²) in [6.07, 6.45) is -4.85. The molecule has 0 heterocycles. The van der Waals surface area contributed by atoms with Gasteiger partial charge >= 0.3 is 12.3 Å². The van der Waals surface area contributed by atoms with Crippen molar-refractivity contribution in [1.82, 2.24) is 0 Å². The van der Waals surface area contributed by atoms with Gasteiger partial charge in [-0.2, -0.15) is 8.78 Å². The molecular formula is C7H10F4O2. The molecule has 0 aliphatic carbocycles. The third-order valence-corrected chi connectivity index (χ3v) is 1.42. The lowest BCUT2D eigenvalue weighted by Gasteiger charge is -2.17. The Morgan fingerprint density at radius 2 is 1.92 bits per heavy atom. The van der Waals surface area contributed by atoms with Crippen molar-refractivity contribution in [3.63, 3.8) is 0 Å². The van der Waals surface area contributed by atoms with Crippen molar-refractivity contribution in [3.8, 4) is 0 Å². The van der Waals surface area contributed by atoms with Crippen molar-refractivity contribution in [1.29, 1.82) is 0 Å². The van der Waals surface area contributed by atoms with Gasteiger partial charge in [-0.3, -0.25) is 4.79 Å². The van der Waals surface area contributed by atoms with Gasteiger partial charge < -0.3 is 4.74 Å². The monoisotopic (exact) mass is 202 g/mol. The van der Waals surface area contributed by atoms with Gasteiger partial charge in [-0.05, 0) is 13.8 Å². The number of alkyl halides is 4. The normalized spacial score (nSPS) is 14.7. The summed E-state index contributed by atoms with van der Waals surface area (Å²) in [4.78, 5) is 10.5. The molecule has 0 bridgehead atoms. The van der Waals surface area contributed by atoms with E-state index >= 15 is 0 Å². The highest BCUT2D eigenvalue weighted by Gasteiger charge is 2.41. The maximum absolute atomic E-state index is 12.2. The molecule has 0 aliphatic rings. The number of halogens is 4. The van der Waals surface area contributed by atoms with Crippen LogP contribution in [-0.2, 0) is 9.53 Å². The van der Waals surface area contributed by atoms with E-state index in [1.54, 1.807) is 0 Å². The van der Waals surface area contributed by atoms with Crippen LogP contribution in [-0.4, -0.2) is 30.8 Å². The Kier molecular flexibility index (Phi) is 4.32. The first-order chi connectivity index (χ1) is 5.77. The second kappa shape index (κ2) is 4.55. The molecule has 2 nitrogen and oxygen atoms in total. The van der Waals surface area contributed by atoms with Crippen LogP contribution in [0.5, 0.6) is 0 Å². The van der Waals surface area contributed by atoms with Crippen LogP contribution in [0.2, 0.25) is 0 Å². The largest absolute Gasteiger partial charge is 0.364 e. The predicted octanol–water partition coefficient (Wildman–Crippen LogP) is 1.88. The summed E-state index contributed by atoms with van der Waals surface area (Å²) >= 11 is 0. The van der Waals surface area contributed by atoms with Crippen LogP contribution >= 0.6 is 0 Å². The van der Waals surface area contributed by atoms with Gasteiger partial charge in [0.05, 0.1) is 0 Å². The molecule has 0 spiro atoms. The molecule has 0 radical (unpaired) electrons. The van der Waals surface area contributed by atoms with Gasteiger partial charge in [0.2, 0.25) is 0 Å². The minimum atomic E-state index is -4.19. The number of carbonyl (C=O) groups excluding carboxylic acids is 1. The SMILES string of the molecule is CC(=O)C(C)OCC(F)(F)C(F)F. The van der Waals surface area contributed by atoms with E-state index in [0.717, 1.165) is 6.92 Å². The van der Waals surface area contributed by atoms with Gasteiger partial charge in [0.1, 0.15) is 12.7 Å². The molecule has 0 amide bonds. The van der Waals surface area contributed by atoms with E-state index in [0.29, 0.717) is 0 Å². The Morgan fingerprint density at radius 3 is 2.23 bits per heavy atom. The number of hydrogen-bond acceptors (Lipinski definition) is 2. The van der Waals surface area contributed by atoms with Gasteiger partial charge in [0, 0.05) is 0 Å². The zero-order chi connectivity index (χ0) is 10.6. The Bertz CT molecular complexity index is 181. The second-order valence-corrected chi connectivity index (χ2v) is 2.63. The topological polar surface area (TPSA) is 26.3 Å². The average Bonchev–Trinajstić information content (AvgIpc) is 1.99. The van der Waals surface area contributed by atoms with E-state index < -0.39 is 30.8 Å². The standard InChI is InChI=1S/C7H10F4O2/c1-4(12)5(2)13-3-7(10,11)6(8)9/h5-6H,3H2,1-2H3. The van der Waals surface area contributed by atoms with E-state index in [1.165, 1.54) is 6.92 Å². The summed E-state index contributed by atoms with van der Waals surface area (Å²) in [6.45, 7) is 0.917. The van der Waals surface area contributed by atoms with Gasteiger partial charge in [-0.25, -0.2) is 8.78 Å². The Balaban J connectivity index is 3.95. The van der Waals surface area contributed by atoms with Crippen LogP contribution in [0.1, 0.15) is 13.8 Å². The fraction of sp³-hybridized carbons (Fsp3) is 0.857. The highest BCUT2D eigenvalue weighted by Crippen LogP contribution is 2.23. The summed E-state index contributed by atoms with van der Waals surface area (Å²) in [5.41, 5.74) is 0. The lowest BCUT2D eigenvalue weighted by atomic mass is 10.3. The molecule has 0 aliphatic heterocycles. The third kappa shape index (κ3) is 4.21. The zero-order valence-corrected chi connectivity index (χ0v) is 7.19. The molecule has 0 N–H and O–H groups in total. The highest BCUT2D eigenvalue weighted by atomic mass is 19.3. The molecule has 0 saturated carbocycles. The van der Waals surface area contributed by atoms with Crippen LogP contribution in [0.25, 0.3) is 0 Å². The molecule has 6 heteroatoms. The minimum absolute atomic E-state index is 0.481. The van der Waals surface area contributed by atoms with E-state index in [-0.39, 0.29) is 0 Å². The lowest BCUT2D eigenvalue weighted by molar-refractivity contribution is -0.176. The Morgan fingerprint density at radius 1 is 1.46 bits per heavy atom. The molecule has 0 aromatic heterocycles. The van der Waals surface area contributed by atoms with Gasteiger partial charge in [0.25, 0.3) is 0 Å². The summed E-state index contributed by atoms with van der Waals surface area (Å²) in [6, 6.07) is 0. The molecule has 0 rings (SSSR count). The van der Waals surface area contributed by atoms with Gasteiger partial charge in [-0.1, -0.05) is 0 Å². The predicted molar refractivity (Wildman–Crippen MR) is 37.0 cm³/mol. The molecule has 1 unspecified atom stereocenters. The zero-order valence-electron chi connectivity index (χ0n) is 7.19.